The van der Waals surface area contributed by atoms with Crippen LogP contribution in [0.3, 0.4) is 0 Å². The molecule has 0 aromatic heterocycles. The Balaban J connectivity index is 2.36. The van der Waals surface area contributed by atoms with Crippen LogP contribution in [0.1, 0.15) is 18.9 Å². The molecule has 0 saturated carbocycles. The third-order valence-electron chi connectivity index (χ3n) is 2.25. The van der Waals surface area contributed by atoms with E-state index < -0.39 is 5.97 Å². The fourth-order valence-electron chi connectivity index (χ4n) is 1.42. The van der Waals surface area contributed by atoms with Gasteiger partial charge in [0.15, 0.2) is 5.75 Å². The molecule has 0 aliphatic rings. The quantitative estimate of drug-likeness (QED) is 0.560. The minimum atomic E-state index is -0.458. The van der Waals surface area contributed by atoms with Crippen LogP contribution < -0.4 is 4.89 Å². The van der Waals surface area contributed by atoms with Gasteiger partial charge in [-0.3, -0.25) is 9.78 Å². The Morgan fingerprint density at radius 3 is 2.41 bits per heavy atom. The smallest absolute Gasteiger partial charge is 0.309 e. The monoisotopic (exact) mass is 237 g/mol. The predicted molar refractivity (Wildman–Crippen MR) is 65.7 cm³/mol. The van der Waals surface area contributed by atoms with E-state index in [4.69, 9.17) is 4.89 Å². The first kappa shape index (κ1) is 13.5. The lowest BCUT2D eigenvalue weighted by Crippen LogP contribution is -2.13. The molecular formula is C13H19NO3. The summed E-state index contributed by atoms with van der Waals surface area (Å²) in [7, 11) is 4.13. The lowest BCUT2D eigenvalue weighted by Gasteiger charge is -2.09. The first-order valence-electron chi connectivity index (χ1n) is 5.66. The zero-order valence-corrected chi connectivity index (χ0v) is 10.6. The van der Waals surface area contributed by atoms with Crippen molar-refractivity contribution in [1.29, 1.82) is 0 Å². The van der Waals surface area contributed by atoms with Gasteiger partial charge in [0, 0.05) is 6.92 Å². The van der Waals surface area contributed by atoms with Gasteiger partial charge >= 0.3 is 5.97 Å². The van der Waals surface area contributed by atoms with Crippen molar-refractivity contribution in [1.82, 2.24) is 4.90 Å². The van der Waals surface area contributed by atoms with Crippen LogP contribution in [0.15, 0.2) is 24.3 Å². The second kappa shape index (κ2) is 6.91. The Labute approximate surface area is 102 Å². The topological polar surface area (TPSA) is 38.8 Å². The number of carbonyl (C=O) groups is 1. The molecule has 0 radical (unpaired) electrons. The average molecular weight is 237 g/mol. The summed E-state index contributed by atoms with van der Waals surface area (Å²) < 4.78 is 0. The van der Waals surface area contributed by atoms with E-state index in [0.717, 1.165) is 19.4 Å². The second-order valence-electron chi connectivity index (χ2n) is 4.21. The first-order chi connectivity index (χ1) is 8.08. The Morgan fingerprint density at radius 2 is 1.88 bits per heavy atom. The molecule has 0 heterocycles. The fraction of sp³-hybridized carbons (Fsp3) is 0.462. The van der Waals surface area contributed by atoms with Crippen LogP contribution in [-0.2, 0) is 16.1 Å². The molecule has 0 amide bonds. The highest BCUT2D eigenvalue weighted by Gasteiger charge is 1.99. The molecule has 0 N–H and O–H groups in total. The van der Waals surface area contributed by atoms with E-state index in [0.29, 0.717) is 5.75 Å². The third-order valence-corrected chi connectivity index (χ3v) is 2.25. The second-order valence-corrected chi connectivity index (χ2v) is 4.21. The molecule has 4 heteroatoms. The number of carbonyl (C=O) groups excluding carboxylic acids is 1. The summed E-state index contributed by atoms with van der Waals surface area (Å²) in [5.74, 6) is 0.0802. The lowest BCUT2D eigenvalue weighted by molar-refractivity contribution is -0.210. The average Bonchev–Trinajstić information content (AvgIpc) is 2.27. The highest BCUT2D eigenvalue weighted by atomic mass is 17.2. The van der Waals surface area contributed by atoms with Gasteiger partial charge in [0.25, 0.3) is 0 Å². The molecular weight excluding hydrogens is 218 g/mol. The number of rotatable bonds is 6. The molecule has 4 nitrogen and oxygen atoms in total. The van der Waals surface area contributed by atoms with Gasteiger partial charge in [-0.15, -0.1) is 0 Å². The molecule has 1 aromatic rings. The Morgan fingerprint density at radius 1 is 1.24 bits per heavy atom. The van der Waals surface area contributed by atoms with E-state index in [1.54, 1.807) is 12.1 Å². The van der Waals surface area contributed by atoms with Crippen molar-refractivity contribution < 1.29 is 14.6 Å². The summed E-state index contributed by atoms with van der Waals surface area (Å²) >= 11 is 0. The van der Waals surface area contributed by atoms with Crippen molar-refractivity contribution in [2.24, 2.45) is 0 Å². The highest BCUT2D eigenvalue weighted by molar-refractivity contribution is 5.65. The summed E-state index contributed by atoms with van der Waals surface area (Å²) in [6.07, 6.45) is 2.16. The first-order valence-corrected chi connectivity index (χ1v) is 5.66. The van der Waals surface area contributed by atoms with Gasteiger partial charge in [-0.2, -0.15) is 0 Å². The zero-order valence-electron chi connectivity index (χ0n) is 10.6. The molecule has 0 spiro atoms. The van der Waals surface area contributed by atoms with E-state index in [9.17, 15) is 4.79 Å². The summed E-state index contributed by atoms with van der Waals surface area (Å²) in [5.41, 5.74) is 1.25. The number of aryl methyl sites for hydroxylation is 1. The Kier molecular flexibility index (Phi) is 5.49. The standard InChI is InChI=1S/C13H19NO3/c1-11(15)16-17-13-8-6-12(7-9-13)5-4-10-14(2)3/h6-9H,4-5,10H2,1-3H3. The maximum Gasteiger partial charge on any atom is 0.352 e. The number of hydrogen-bond acceptors (Lipinski definition) is 4. The van der Waals surface area contributed by atoms with E-state index in [-0.39, 0.29) is 0 Å². The normalized spacial score (nSPS) is 10.4. The lowest BCUT2D eigenvalue weighted by atomic mass is 10.1. The van der Waals surface area contributed by atoms with Crippen molar-refractivity contribution in [3.05, 3.63) is 29.8 Å². The van der Waals surface area contributed by atoms with Crippen LogP contribution in [0.4, 0.5) is 0 Å². The molecule has 1 rings (SSSR count). The Hall–Kier alpha value is -1.55. The molecule has 0 atom stereocenters. The van der Waals surface area contributed by atoms with Gasteiger partial charge in [-0.05, 0) is 51.2 Å². The van der Waals surface area contributed by atoms with Crippen LogP contribution in [0.25, 0.3) is 0 Å². The number of benzene rings is 1. The summed E-state index contributed by atoms with van der Waals surface area (Å²) in [4.78, 5) is 21.9. The minimum absolute atomic E-state index is 0.458. The largest absolute Gasteiger partial charge is 0.352 e. The molecule has 0 unspecified atom stereocenters. The SMILES string of the molecule is CC(=O)OOc1ccc(CCCN(C)C)cc1. The predicted octanol–water partition coefficient (Wildman–Crippen LogP) is 2.04. The van der Waals surface area contributed by atoms with Gasteiger partial charge in [-0.1, -0.05) is 12.1 Å². The van der Waals surface area contributed by atoms with E-state index in [1.165, 1.54) is 12.5 Å². The summed E-state index contributed by atoms with van der Waals surface area (Å²) in [6.45, 7) is 2.38. The van der Waals surface area contributed by atoms with E-state index in [2.05, 4.69) is 23.9 Å². The molecule has 17 heavy (non-hydrogen) atoms. The molecule has 94 valence electrons. The van der Waals surface area contributed by atoms with Crippen molar-refractivity contribution >= 4 is 5.97 Å². The summed E-state index contributed by atoms with van der Waals surface area (Å²) in [6, 6.07) is 7.56. The maximum atomic E-state index is 10.5. The highest BCUT2D eigenvalue weighted by Crippen LogP contribution is 2.13. The maximum absolute atomic E-state index is 10.5. The molecule has 0 saturated heterocycles. The van der Waals surface area contributed by atoms with Crippen LogP contribution >= 0.6 is 0 Å². The molecule has 0 aliphatic heterocycles. The van der Waals surface area contributed by atoms with Crippen LogP contribution in [-0.4, -0.2) is 31.5 Å². The van der Waals surface area contributed by atoms with Gasteiger partial charge in [0.05, 0.1) is 0 Å². The molecule has 0 aliphatic carbocycles. The number of hydrogen-bond donors (Lipinski definition) is 0. The van der Waals surface area contributed by atoms with Crippen molar-refractivity contribution in [2.75, 3.05) is 20.6 Å². The van der Waals surface area contributed by atoms with Crippen LogP contribution in [0, 0.1) is 0 Å². The molecule has 0 fully saturated rings. The van der Waals surface area contributed by atoms with Gasteiger partial charge < -0.3 is 4.90 Å². The Bertz CT molecular complexity index is 346. The van der Waals surface area contributed by atoms with Crippen LogP contribution in [0.5, 0.6) is 5.75 Å². The number of nitrogens with zero attached hydrogens (tertiary/aromatic N) is 1. The van der Waals surface area contributed by atoms with Crippen LogP contribution in [0.2, 0.25) is 0 Å². The van der Waals surface area contributed by atoms with Crippen molar-refractivity contribution in [3.8, 4) is 5.75 Å². The zero-order chi connectivity index (χ0) is 12.7. The molecule has 1 aromatic carbocycles. The summed E-state index contributed by atoms with van der Waals surface area (Å²) in [5, 5.41) is 0. The van der Waals surface area contributed by atoms with E-state index in [1.807, 2.05) is 12.1 Å². The van der Waals surface area contributed by atoms with Gasteiger partial charge in [0.1, 0.15) is 0 Å². The fourth-order valence-corrected chi connectivity index (χ4v) is 1.42. The van der Waals surface area contributed by atoms with E-state index >= 15 is 0 Å². The van der Waals surface area contributed by atoms with Gasteiger partial charge in [0.2, 0.25) is 0 Å². The van der Waals surface area contributed by atoms with Gasteiger partial charge in [-0.25, -0.2) is 4.79 Å². The minimum Gasteiger partial charge on any atom is -0.309 e. The van der Waals surface area contributed by atoms with Crippen molar-refractivity contribution in [2.45, 2.75) is 19.8 Å². The third kappa shape index (κ3) is 5.92. The van der Waals surface area contributed by atoms with Crippen molar-refractivity contribution in [3.63, 3.8) is 0 Å². The molecule has 0 bridgehead atoms.